The number of rotatable bonds is 7. The van der Waals surface area contributed by atoms with Crippen molar-refractivity contribution < 1.29 is 15.0 Å². The zero-order valence-corrected chi connectivity index (χ0v) is 9.57. The lowest BCUT2D eigenvalue weighted by Gasteiger charge is -2.30. The highest BCUT2D eigenvalue weighted by Gasteiger charge is 2.33. The first kappa shape index (κ1) is 12.5. The maximum Gasteiger partial charge on any atom is 0.304 e. The van der Waals surface area contributed by atoms with Crippen LogP contribution in [0.3, 0.4) is 0 Å². The van der Waals surface area contributed by atoms with Crippen LogP contribution in [0.15, 0.2) is 0 Å². The third kappa shape index (κ3) is 4.62. The number of hydrogen-bond acceptors (Lipinski definition) is 3. The third-order valence-electron chi connectivity index (χ3n) is 2.98. The van der Waals surface area contributed by atoms with Crippen molar-refractivity contribution in [2.45, 2.75) is 51.2 Å². The molecule has 0 amide bonds. The Morgan fingerprint density at radius 2 is 2.13 bits per heavy atom. The fourth-order valence-electron chi connectivity index (χ4n) is 1.62. The normalized spacial score (nSPS) is 20.3. The van der Waals surface area contributed by atoms with Gasteiger partial charge in [-0.2, -0.15) is 0 Å². The summed E-state index contributed by atoms with van der Waals surface area (Å²) in [5, 5.41) is 18.6. The largest absolute Gasteiger partial charge is 0.481 e. The molecule has 0 radical (unpaired) electrons. The molecule has 0 saturated heterocycles. The average Bonchev–Trinajstić information content (AvgIpc) is 2.95. The molecule has 1 fully saturated rings. The molecular weight excluding hydrogens is 194 g/mol. The number of aliphatic carboxylic acids is 1. The minimum Gasteiger partial charge on any atom is -0.481 e. The van der Waals surface area contributed by atoms with Crippen LogP contribution in [0.4, 0.5) is 0 Å². The second-order valence-corrected chi connectivity index (χ2v) is 4.70. The monoisotopic (exact) mass is 215 g/mol. The Labute approximate surface area is 90.9 Å². The van der Waals surface area contributed by atoms with E-state index in [1.54, 1.807) is 0 Å². The van der Waals surface area contributed by atoms with Gasteiger partial charge in [-0.05, 0) is 26.2 Å². The smallest absolute Gasteiger partial charge is 0.304 e. The first-order valence-corrected chi connectivity index (χ1v) is 5.63. The Balaban J connectivity index is 2.40. The van der Waals surface area contributed by atoms with Gasteiger partial charge < -0.3 is 10.2 Å². The topological polar surface area (TPSA) is 60.8 Å². The van der Waals surface area contributed by atoms with Crippen molar-refractivity contribution >= 4 is 5.97 Å². The number of carboxylic acid groups (broad SMARTS) is 1. The van der Waals surface area contributed by atoms with Gasteiger partial charge in [0.15, 0.2) is 0 Å². The molecule has 1 saturated carbocycles. The maximum absolute atomic E-state index is 10.5. The van der Waals surface area contributed by atoms with Gasteiger partial charge >= 0.3 is 5.97 Å². The Kier molecular flexibility index (Phi) is 4.11. The van der Waals surface area contributed by atoms with Crippen LogP contribution in [0.25, 0.3) is 0 Å². The first-order valence-electron chi connectivity index (χ1n) is 5.63. The first-order chi connectivity index (χ1) is 6.94. The number of carbonyl (C=O) groups is 1. The number of aliphatic hydroxyl groups is 1. The zero-order valence-electron chi connectivity index (χ0n) is 9.57. The van der Waals surface area contributed by atoms with E-state index in [4.69, 9.17) is 5.11 Å². The molecule has 4 nitrogen and oxygen atoms in total. The summed E-state index contributed by atoms with van der Waals surface area (Å²) in [5.74, 6) is -0.767. The van der Waals surface area contributed by atoms with Gasteiger partial charge in [0.1, 0.15) is 0 Å². The lowest BCUT2D eigenvalue weighted by molar-refractivity contribution is -0.137. The van der Waals surface area contributed by atoms with E-state index >= 15 is 0 Å². The van der Waals surface area contributed by atoms with Crippen molar-refractivity contribution in [3.05, 3.63) is 0 Å². The summed E-state index contributed by atoms with van der Waals surface area (Å²) < 4.78 is 0. The maximum atomic E-state index is 10.5. The summed E-state index contributed by atoms with van der Waals surface area (Å²) in [6, 6.07) is 0.502. The minimum atomic E-state index is -0.767. The SMILES string of the molecule is CCC(C)(O)CN(CCC(=O)O)C1CC1. The van der Waals surface area contributed by atoms with Crippen LogP contribution in [-0.4, -0.2) is 45.8 Å². The van der Waals surface area contributed by atoms with Crippen LogP contribution in [0, 0.1) is 0 Å². The van der Waals surface area contributed by atoms with Crippen molar-refractivity contribution in [2.24, 2.45) is 0 Å². The quantitative estimate of drug-likeness (QED) is 0.667. The molecule has 0 aromatic rings. The van der Waals surface area contributed by atoms with Crippen molar-refractivity contribution in [2.75, 3.05) is 13.1 Å². The number of hydrogen-bond donors (Lipinski definition) is 2. The summed E-state index contributed by atoms with van der Waals surface area (Å²) >= 11 is 0. The molecule has 2 N–H and O–H groups in total. The van der Waals surface area contributed by atoms with E-state index in [9.17, 15) is 9.90 Å². The van der Waals surface area contributed by atoms with Crippen LogP contribution in [0.1, 0.15) is 39.5 Å². The van der Waals surface area contributed by atoms with Crippen LogP contribution in [0.2, 0.25) is 0 Å². The van der Waals surface area contributed by atoms with Crippen LogP contribution >= 0.6 is 0 Å². The van der Waals surface area contributed by atoms with Crippen molar-refractivity contribution in [3.8, 4) is 0 Å². The predicted octanol–water partition coefficient (Wildman–Crippen LogP) is 1.09. The van der Waals surface area contributed by atoms with E-state index in [1.165, 1.54) is 0 Å². The lowest BCUT2D eigenvalue weighted by atomic mass is 10.0. The van der Waals surface area contributed by atoms with E-state index in [1.807, 2.05) is 13.8 Å². The average molecular weight is 215 g/mol. The molecular formula is C11H21NO3. The molecule has 15 heavy (non-hydrogen) atoms. The summed E-state index contributed by atoms with van der Waals surface area (Å²) in [6.45, 7) is 4.89. The lowest BCUT2D eigenvalue weighted by Crippen LogP contribution is -2.42. The van der Waals surface area contributed by atoms with Crippen molar-refractivity contribution in [1.29, 1.82) is 0 Å². The van der Waals surface area contributed by atoms with Gasteiger partial charge in [-0.3, -0.25) is 9.69 Å². The Morgan fingerprint density at radius 1 is 1.53 bits per heavy atom. The van der Waals surface area contributed by atoms with Gasteiger partial charge in [0.2, 0.25) is 0 Å². The summed E-state index contributed by atoms with van der Waals surface area (Å²) in [6.07, 6.45) is 3.14. The summed E-state index contributed by atoms with van der Waals surface area (Å²) in [5.41, 5.74) is -0.693. The molecule has 4 heteroatoms. The molecule has 0 aromatic carbocycles. The fraction of sp³-hybridized carbons (Fsp3) is 0.909. The van der Waals surface area contributed by atoms with Gasteiger partial charge in [0.05, 0.1) is 12.0 Å². The van der Waals surface area contributed by atoms with E-state index in [0.29, 0.717) is 25.6 Å². The molecule has 1 atom stereocenters. The zero-order chi connectivity index (χ0) is 11.5. The van der Waals surface area contributed by atoms with Crippen molar-refractivity contribution in [3.63, 3.8) is 0 Å². The standard InChI is InChI=1S/C11H21NO3/c1-3-11(2,15)8-12(9-4-5-9)7-6-10(13)14/h9,15H,3-8H2,1-2H3,(H,13,14). The molecule has 0 bridgehead atoms. The predicted molar refractivity (Wildman–Crippen MR) is 57.8 cm³/mol. The Hall–Kier alpha value is -0.610. The van der Waals surface area contributed by atoms with Crippen LogP contribution < -0.4 is 0 Å². The van der Waals surface area contributed by atoms with Gasteiger partial charge in [0, 0.05) is 19.1 Å². The van der Waals surface area contributed by atoms with Gasteiger partial charge in [-0.1, -0.05) is 6.92 Å². The minimum absolute atomic E-state index is 0.163. The molecule has 1 rings (SSSR count). The molecule has 0 aromatic heterocycles. The summed E-state index contributed by atoms with van der Waals surface area (Å²) in [7, 11) is 0. The fourth-order valence-corrected chi connectivity index (χ4v) is 1.62. The highest BCUT2D eigenvalue weighted by Crippen LogP contribution is 2.28. The second-order valence-electron chi connectivity index (χ2n) is 4.70. The van der Waals surface area contributed by atoms with Gasteiger partial charge in [-0.15, -0.1) is 0 Å². The van der Waals surface area contributed by atoms with E-state index in [2.05, 4.69) is 4.90 Å². The molecule has 1 unspecified atom stereocenters. The molecule has 0 heterocycles. The van der Waals surface area contributed by atoms with Gasteiger partial charge in [-0.25, -0.2) is 0 Å². The molecule has 0 aliphatic heterocycles. The van der Waals surface area contributed by atoms with Crippen LogP contribution in [-0.2, 0) is 4.79 Å². The Bertz CT molecular complexity index is 224. The van der Waals surface area contributed by atoms with E-state index in [-0.39, 0.29) is 6.42 Å². The highest BCUT2D eigenvalue weighted by atomic mass is 16.4. The van der Waals surface area contributed by atoms with E-state index < -0.39 is 11.6 Å². The van der Waals surface area contributed by atoms with Gasteiger partial charge in [0.25, 0.3) is 0 Å². The molecule has 0 spiro atoms. The summed E-state index contributed by atoms with van der Waals surface area (Å²) in [4.78, 5) is 12.6. The molecule has 1 aliphatic carbocycles. The van der Waals surface area contributed by atoms with Crippen LogP contribution in [0.5, 0.6) is 0 Å². The third-order valence-corrected chi connectivity index (χ3v) is 2.98. The number of nitrogens with zero attached hydrogens (tertiary/aromatic N) is 1. The van der Waals surface area contributed by atoms with Crippen molar-refractivity contribution in [1.82, 2.24) is 4.90 Å². The van der Waals surface area contributed by atoms with E-state index in [0.717, 1.165) is 12.8 Å². The number of carboxylic acids is 1. The molecule has 88 valence electrons. The highest BCUT2D eigenvalue weighted by molar-refractivity contribution is 5.66. The molecule has 1 aliphatic rings. The Morgan fingerprint density at radius 3 is 2.53 bits per heavy atom. The second kappa shape index (κ2) is 4.94.